The molecule has 2 aromatic rings. The van der Waals surface area contributed by atoms with E-state index >= 15 is 0 Å². The number of hydrogen-bond donors (Lipinski definition) is 1. The van der Waals surface area contributed by atoms with Gasteiger partial charge >= 0.3 is 0 Å². The Kier molecular flexibility index (Phi) is 4.29. The number of rotatable bonds is 4. The molecule has 0 heterocycles. The third-order valence-electron chi connectivity index (χ3n) is 2.61. The van der Waals surface area contributed by atoms with Gasteiger partial charge in [0.2, 0.25) is 0 Å². The molecule has 0 saturated heterocycles. The van der Waals surface area contributed by atoms with Gasteiger partial charge in [-0.2, -0.15) is 0 Å². The average molecular weight is 266 g/mol. The second kappa shape index (κ2) is 6.33. The highest BCUT2D eigenvalue weighted by Crippen LogP contribution is 2.06. The van der Waals surface area contributed by atoms with Crippen LogP contribution in [0.25, 0.3) is 6.08 Å². The number of hydrogen-bond acceptors (Lipinski definition) is 3. The first-order chi connectivity index (χ1) is 9.66. The third-order valence-corrected chi connectivity index (χ3v) is 2.61. The van der Waals surface area contributed by atoms with Gasteiger partial charge in [-0.3, -0.25) is 4.79 Å². The van der Waals surface area contributed by atoms with Crippen molar-refractivity contribution < 1.29 is 14.7 Å². The summed E-state index contributed by atoms with van der Waals surface area (Å²) in [6.07, 6.45) is 1.36. The van der Waals surface area contributed by atoms with Crippen LogP contribution < -0.4 is 10.4 Å². The molecule has 0 saturated carbocycles. The number of amides is 1. The molecule has 0 aliphatic rings. The molecule has 20 heavy (non-hydrogen) atoms. The van der Waals surface area contributed by atoms with Crippen LogP contribution >= 0.6 is 0 Å². The van der Waals surface area contributed by atoms with Gasteiger partial charge in [0.05, 0.1) is 11.7 Å². The normalized spacial score (nSPS) is 10.9. The van der Waals surface area contributed by atoms with Gasteiger partial charge in [0.1, 0.15) is 0 Å². The molecule has 0 aromatic heterocycles. The van der Waals surface area contributed by atoms with Crippen LogP contribution in [0.5, 0.6) is 0 Å². The first-order valence-electron chi connectivity index (χ1n) is 6.01. The van der Waals surface area contributed by atoms with E-state index in [0.29, 0.717) is 11.1 Å². The molecule has 2 rings (SSSR count). The van der Waals surface area contributed by atoms with Crippen LogP contribution in [0.4, 0.5) is 0 Å². The maximum Gasteiger partial charge on any atom is 0.255 e. The summed E-state index contributed by atoms with van der Waals surface area (Å²) in [5, 5.41) is 13.4. The van der Waals surface area contributed by atoms with Crippen LogP contribution in [-0.2, 0) is 4.79 Å². The second-order valence-corrected chi connectivity index (χ2v) is 4.08. The molecule has 0 bridgehead atoms. The van der Waals surface area contributed by atoms with Crippen molar-refractivity contribution in [3.05, 3.63) is 77.5 Å². The predicted octanol–water partition coefficient (Wildman–Crippen LogP) is 1.21. The Bertz CT molecular complexity index is 633. The summed E-state index contributed by atoms with van der Waals surface area (Å²) in [6.45, 7) is 0. The van der Waals surface area contributed by atoms with Crippen molar-refractivity contribution in [1.82, 2.24) is 5.32 Å². The van der Waals surface area contributed by atoms with Crippen molar-refractivity contribution in [3.63, 3.8) is 0 Å². The highest BCUT2D eigenvalue weighted by Gasteiger charge is 2.07. The molecule has 1 amide bonds. The van der Waals surface area contributed by atoms with E-state index in [2.05, 4.69) is 5.32 Å². The Morgan fingerprint density at radius 2 is 1.45 bits per heavy atom. The van der Waals surface area contributed by atoms with Crippen LogP contribution in [0.15, 0.2) is 66.4 Å². The van der Waals surface area contributed by atoms with Crippen molar-refractivity contribution in [2.45, 2.75) is 0 Å². The highest BCUT2D eigenvalue weighted by molar-refractivity contribution is 6.02. The van der Waals surface area contributed by atoms with Crippen molar-refractivity contribution in [1.29, 1.82) is 0 Å². The van der Waals surface area contributed by atoms with Crippen LogP contribution in [0.2, 0.25) is 0 Å². The molecule has 0 fully saturated rings. The van der Waals surface area contributed by atoms with E-state index in [9.17, 15) is 14.7 Å². The van der Waals surface area contributed by atoms with Crippen LogP contribution in [0, 0.1) is 0 Å². The summed E-state index contributed by atoms with van der Waals surface area (Å²) < 4.78 is 0. The zero-order chi connectivity index (χ0) is 14.4. The van der Waals surface area contributed by atoms with Crippen molar-refractivity contribution >= 4 is 18.0 Å². The minimum Gasteiger partial charge on any atom is -0.543 e. The highest BCUT2D eigenvalue weighted by atomic mass is 16.4. The van der Waals surface area contributed by atoms with Gasteiger partial charge in [0, 0.05) is 5.56 Å². The summed E-state index contributed by atoms with van der Waals surface area (Å²) >= 11 is 0. The fourth-order valence-corrected chi connectivity index (χ4v) is 1.65. The lowest BCUT2D eigenvalue weighted by Gasteiger charge is -2.11. The SMILES string of the molecule is O=C([O-])/C(=C/c1ccccc1)NC(=O)c1ccccc1. The van der Waals surface area contributed by atoms with Gasteiger partial charge in [0.15, 0.2) is 0 Å². The lowest BCUT2D eigenvalue weighted by atomic mass is 10.1. The Hall–Kier alpha value is -2.88. The minimum atomic E-state index is -1.43. The van der Waals surface area contributed by atoms with Gasteiger partial charge in [0.25, 0.3) is 5.91 Å². The summed E-state index contributed by atoms with van der Waals surface area (Å²) in [4.78, 5) is 23.0. The van der Waals surface area contributed by atoms with E-state index in [1.807, 2.05) is 6.07 Å². The van der Waals surface area contributed by atoms with Crippen LogP contribution in [0.3, 0.4) is 0 Å². The van der Waals surface area contributed by atoms with Gasteiger partial charge in [-0.1, -0.05) is 48.5 Å². The summed E-state index contributed by atoms with van der Waals surface area (Å²) in [5.41, 5.74) is 0.776. The second-order valence-electron chi connectivity index (χ2n) is 4.08. The molecule has 4 nitrogen and oxygen atoms in total. The molecule has 100 valence electrons. The van der Waals surface area contributed by atoms with Gasteiger partial charge in [-0.25, -0.2) is 0 Å². The standard InChI is InChI=1S/C16H13NO3/c18-15(13-9-5-2-6-10-13)17-14(16(19)20)11-12-7-3-1-4-8-12/h1-11H,(H,17,18)(H,19,20)/p-1/b14-11-. The van der Waals surface area contributed by atoms with Gasteiger partial charge in [-0.15, -0.1) is 0 Å². The lowest BCUT2D eigenvalue weighted by Crippen LogP contribution is -2.35. The van der Waals surface area contributed by atoms with E-state index in [4.69, 9.17) is 0 Å². The minimum absolute atomic E-state index is 0.273. The molecule has 0 radical (unpaired) electrons. The lowest BCUT2D eigenvalue weighted by molar-refractivity contribution is -0.299. The first-order valence-corrected chi connectivity index (χ1v) is 6.01. The molecule has 0 spiro atoms. The van der Waals surface area contributed by atoms with Crippen molar-refractivity contribution in [2.24, 2.45) is 0 Å². The van der Waals surface area contributed by atoms with Gasteiger partial charge < -0.3 is 15.2 Å². The van der Waals surface area contributed by atoms with Crippen molar-refractivity contribution in [3.8, 4) is 0 Å². The Morgan fingerprint density at radius 1 is 0.900 bits per heavy atom. The first kappa shape index (κ1) is 13.5. The largest absolute Gasteiger partial charge is 0.543 e. The van der Waals surface area contributed by atoms with Crippen LogP contribution in [0.1, 0.15) is 15.9 Å². The maximum atomic E-state index is 11.9. The molecule has 1 N–H and O–H groups in total. The van der Waals surface area contributed by atoms with Crippen molar-refractivity contribution in [2.75, 3.05) is 0 Å². The Balaban J connectivity index is 2.21. The molecule has 4 heteroatoms. The maximum absolute atomic E-state index is 11.9. The number of carboxylic acid groups (broad SMARTS) is 1. The molecular formula is C16H12NO3-. The molecule has 0 atom stereocenters. The Morgan fingerprint density at radius 3 is 2.00 bits per heavy atom. The third kappa shape index (κ3) is 3.55. The summed E-state index contributed by atoms with van der Waals surface area (Å²) in [6, 6.07) is 17.2. The number of carbonyl (C=O) groups is 2. The van der Waals surface area contributed by atoms with E-state index in [1.165, 1.54) is 6.08 Å². The summed E-state index contributed by atoms with van der Waals surface area (Å²) in [7, 11) is 0. The molecule has 0 aliphatic heterocycles. The Labute approximate surface area is 116 Å². The molecule has 0 aliphatic carbocycles. The molecule has 2 aromatic carbocycles. The fourth-order valence-electron chi connectivity index (χ4n) is 1.65. The quantitative estimate of drug-likeness (QED) is 0.846. The zero-order valence-electron chi connectivity index (χ0n) is 10.6. The smallest absolute Gasteiger partial charge is 0.255 e. The van der Waals surface area contributed by atoms with E-state index in [0.717, 1.165) is 0 Å². The van der Waals surface area contributed by atoms with E-state index in [1.54, 1.807) is 54.6 Å². The molecular weight excluding hydrogens is 254 g/mol. The van der Waals surface area contributed by atoms with E-state index < -0.39 is 11.9 Å². The predicted molar refractivity (Wildman–Crippen MR) is 73.3 cm³/mol. The zero-order valence-corrected chi connectivity index (χ0v) is 10.6. The average Bonchev–Trinajstić information content (AvgIpc) is 2.48. The topological polar surface area (TPSA) is 69.2 Å². The number of benzene rings is 2. The van der Waals surface area contributed by atoms with Crippen LogP contribution in [-0.4, -0.2) is 11.9 Å². The number of nitrogens with one attached hydrogen (secondary N) is 1. The summed E-state index contributed by atoms with van der Waals surface area (Å²) in [5.74, 6) is -1.92. The number of carbonyl (C=O) groups excluding carboxylic acids is 2. The van der Waals surface area contributed by atoms with Gasteiger partial charge in [-0.05, 0) is 23.8 Å². The monoisotopic (exact) mass is 266 g/mol. The molecule has 0 unspecified atom stereocenters. The number of carboxylic acids is 1. The van der Waals surface area contributed by atoms with E-state index in [-0.39, 0.29) is 5.70 Å². The fraction of sp³-hybridized carbons (Fsp3) is 0. The number of aliphatic carboxylic acids is 1.